The smallest absolute Gasteiger partial charge is 0.0964 e. The van der Waals surface area contributed by atoms with Gasteiger partial charge in [-0.3, -0.25) is 0 Å². The maximum absolute atomic E-state index is 11.1. The Labute approximate surface area is 104 Å². The zero-order valence-corrected chi connectivity index (χ0v) is 11.5. The molecule has 0 aromatic rings. The first-order chi connectivity index (χ1) is 7.72. The molecule has 3 saturated carbocycles. The quantitative estimate of drug-likeness (QED) is 0.681. The van der Waals surface area contributed by atoms with Crippen molar-refractivity contribution in [3.63, 3.8) is 0 Å². The largest absolute Gasteiger partial charge is 0.387 e. The lowest BCUT2D eigenvalue weighted by Crippen LogP contribution is -2.55. The molecular formula is C15H26O2. The molecule has 0 heterocycles. The first-order valence-corrected chi connectivity index (χ1v) is 7.16. The third-order valence-corrected chi connectivity index (χ3v) is 6.55. The fraction of sp³-hybridized carbons (Fsp3) is 1.00. The maximum atomic E-state index is 11.1. The Morgan fingerprint density at radius 1 is 0.941 bits per heavy atom. The van der Waals surface area contributed by atoms with Gasteiger partial charge in [0.05, 0.1) is 11.2 Å². The van der Waals surface area contributed by atoms with Crippen LogP contribution < -0.4 is 0 Å². The number of rotatable bonds is 0. The standard InChI is InChI=1S/C15H26O2/c1-9-5-8-15(17)11(9)12-10(13(12,2)3)6-7-14(15,4)16/h9-12,16-17H,5-8H2,1-4H3. The minimum absolute atomic E-state index is 0.306. The highest BCUT2D eigenvalue weighted by Gasteiger charge is 2.71. The summed E-state index contributed by atoms with van der Waals surface area (Å²) in [7, 11) is 0. The third kappa shape index (κ3) is 1.29. The van der Waals surface area contributed by atoms with Crippen molar-refractivity contribution in [3.8, 4) is 0 Å². The van der Waals surface area contributed by atoms with Crippen molar-refractivity contribution in [2.24, 2.45) is 29.1 Å². The molecule has 0 radical (unpaired) electrons. The van der Waals surface area contributed by atoms with E-state index in [0.717, 1.165) is 25.7 Å². The van der Waals surface area contributed by atoms with Gasteiger partial charge < -0.3 is 10.2 Å². The van der Waals surface area contributed by atoms with Crippen molar-refractivity contribution >= 4 is 0 Å². The van der Waals surface area contributed by atoms with Crippen LogP contribution in [-0.2, 0) is 0 Å². The highest BCUT2D eigenvalue weighted by Crippen LogP contribution is 2.72. The molecule has 2 N–H and O–H groups in total. The van der Waals surface area contributed by atoms with Crippen LogP contribution in [-0.4, -0.2) is 21.4 Å². The zero-order valence-electron chi connectivity index (χ0n) is 11.5. The first-order valence-electron chi connectivity index (χ1n) is 7.16. The van der Waals surface area contributed by atoms with Crippen LogP contribution in [0.2, 0.25) is 0 Å². The summed E-state index contributed by atoms with van der Waals surface area (Å²) in [5, 5.41) is 21.7. The summed E-state index contributed by atoms with van der Waals surface area (Å²) in [4.78, 5) is 0. The molecule has 0 aromatic heterocycles. The van der Waals surface area contributed by atoms with E-state index in [9.17, 15) is 10.2 Å². The fourth-order valence-electron chi connectivity index (χ4n) is 5.25. The summed E-state index contributed by atoms with van der Waals surface area (Å²) in [6.45, 7) is 8.80. The molecule has 0 bridgehead atoms. The van der Waals surface area contributed by atoms with Crippen LogP contribution in [0.4, 0.5) is 0 Å². The molecule has 6 atom stereocenters. The van der Waals surface area contributed by atoms with Crippen molar-refractivity contribution in [1.29, 1.82) is 0 Å². The molecule has 3 aliphatic rings. The Hall–Kier alpha value is -0.0800. The summed E-state index contributed by atoms with van der Waals surface area (Å²) >= 11 is 0. The second-order valence-corrected chi connectivity index (χ2v) is 7.73. The SMILES string of the molecule is CC1CCC2(O)C1C1C(CCC2(C)O)C1(C)C. The Kier molecular flexibility index (Phi) is 2.17. The topological polar surface area (TPSA) is 40.5 Å². The van der Waals surface area contributed by atoms with E-state index in [1.54, 1.807) is 0 Å². The molecule has 3 rings (SSSR count). The minimum Gasteiger partial charge on any atom is -0.387 e. The van der Waals surface area contributed by atoms with Crippen LogP contribution in [0.3, 0.4) is 0 Å². The van der Waals surface area contributed by atoms with Gasteiger partial charge in [0.25, 0.3) is 0 Å². The zero-order chi connectivity index (χ0) is 12.6. The predicted molar refractivity (Wildman–Crippen MR) is 67.5 cm³/mol. The highest BCUT2D eigenvalue weighted by molar-refractivity contribution is 5.20. The van der Waals surface area contributed by atoms with Crippen LogP contribution in [0.15, 0.2) is 0 Å². The molecule has 0 saturated heterocycles. The number of fused-ring (bicyclic) bond motifs is 3. The molecular weight excluding hydrogens is 212 g/mol. The lowest BCUT2D eigenvalue weighted by atomic mass is 9.71. The number of aliphatic hydroxyl groups is 2. The van der Waals surface area contributed by atoms with Crippen molar-refractivity contribution in [2.45, 2.75) is 64.6 Å². The minimum atomic E-state index is -0.883. The van der Waals surface area contributed by atoms with Gasteiger partial charge in [-0.05, 0) is 61.7 Å². The van der Waals surface area contributed by atoms with Gasteiger partial charge in [-0.1, -0.05) is 20.8 Å². The van der Waals surface area contributed by atoms with Gasteiger partial charge >= 0.3 is 0 Å². The molecule has 2 heteroatoms. The van der Waals surface area contributed by atoms with Crippen LogP contribution in [0.5, 0.6) is 0 Å². The fourth-order valence-corrected chi connectivity index (χ4v) is 5.25. The molecule has 98 valence electrons. The molecule has 0 aromatic carbocycles. The Balaban J connectivity index is 2.03. The summed E-state index contributed by atoms with van der Waals surface area (Å²) in [5.41, 5.74) is -1.33. The number of hydrogen-bond acceptors (Lipinski definition) is 2. The van der Waals surface area contributed by atoms with Gasteiger partial charge in [0.15, 0.2) is 0 Å². The van der Waals surface area contributed by atoms with E-state index in [-0.39, 0.29) is 0 Å². The third-order valence-electron chi connectivity index (χ3n) is 6.55. The van der Waals surface area contributed by atoms with Crippen molar-refractivity contribution in [1.82, 2.24) is 0 Å². The summed E-state index contributed by atoms with van der Waals surface area (Å²) in [5.74, 6) is 2.20. The van der Waals surface area contributed by atoms with Gasteiger partial charge in [-0.15, -0.1) is 0 Å². The Morgan fingerprint density at radius 2 is 1.59 bits per heavy atom. The monoisotopic (exact) mass is 238 g/mol. The average Bonchev–Trinajstić information content (AvgIpc) is 2.62. The molecule has 17 heavy (non-hydrogen) atoms. The van der Waals surface area contributed by atoms with E-state index in [1.165, 1.54) is 0 Å². The van der Waals surface area contributed by atoms with Crippen molar-refractivity contribution in [2.75, 3.05) is 0 Å². The average molecular weight is 238 g/mol. The summed E-state index contributed by atoms with van der Waals surface area (Å²) in [6.07, 6.45) is 3.69. The Bertz CT molecular complexity index is 347. The summed E-state index contributed by atoms with van der Waals surface area (Å²) < 4.78 is 0. The molecule has 0 aliphatic heterocycles. The highest BCUT2D eigenvalue weighted by atomic mass is 16.4. The molecule has 3 aliphatic carbocycles. The Morgan fingerprint density at radius 3 is 2.24 bits per heavy atom. The van der Waals surface area contributed by atoms with Crippen molar-refractivity contribution in [3.05, 3.63) is 0 Å². The van der Waals surface area contributed by atoms with Crippen molar-refractivity contribution < 1.29 is 10.2 Å². The second kappa shape index (κ2) is 3.08. The second-order valence-electron chi connectivity index (χ2n) is 7.73. The molecule has 2 nitrogen and oxygen atoms in total. The van der Waals surface area contributed by atoms with E-state index in [0.29, 0.717) is 29.1 Å². The van der Waals surface area contributed by atoms with Crippen LogP contribution in [0.1, 0.15) is 53.4 Å². The van der Waals surface area contributed by atoms with Gasteiger partial charge in [-0.25, -0.2) is 0 Å². The van der Waals surface area contributed by atoms with Crippen LogP contribution >= 0.6 is 0 Å². The number of hydrogen-bond donors (Lipinski definition) is 2. The normalized spacial score (nSPS) is 60.4. The van der Waals surface area contributed by atoms with Gasteiger partial charge in [0.2, 0.25) is 0 Å². The van der Waals surface area contributed by atoms with E-state index < -0.39 is 11.2 Å². The maximum Gasteiger partial charge on any atom is 0.0964 e. The molecule has 0 amide bonds. The van der Waals surface area contributed by atoms with E-state index in [2.05, 4.69) is 20.8 Å². The van der Waals surface area contributed by atoms with Gasteiger partial charge in [0.1, 0.15) is 0 Å². The van der Waals surface area contributed by atoms with Gasteiger partial charge in [0, 0.05) is 0 Å². The van der Waals surface area contributed by atoms with Gasteiger partial charge in [-0.2, -0.15) is 0 Å². The summed E-state index contributed by atoms with van der Waals surface area (Å²) in [6, 6.07) is 0. The lowest BCUT2D eigenvalue weighted by molar-refractivity contribution is -0.170. The van der Waals surface area contributed by atoms with Crippen LogP contribution in [0, 0.1) is 29.1 Å². The first kappa shape index (κ1) is 12.0. The molecule has 6 unspecified atom stereocenters. The van der Waals surface area contributed by atoms with E-state index in [4.69, 9.17) is 0 Å². The van der Waals surface area contributed by atoms with E-state index >= 15 is 0 Å². The van der Waals surface area contributed by atoms with Crippen LogP contribution in [0.25, 0.3) is 0 Å². The lowest BCUT2D eigenvalue weighted by Gasteiger charge is -2.43. The van der Waals surface area contributed by atoms with E-state index in [1.807, 2.05) is 6.92 Å². The molecule has 0 spiro atoms. The predicted octanol–water partition coefficient (Wildman–Crippen LogP) is 2.58. The molecule has 3 fully saturated rings.